The lowest BCUT2D eigenvalue weighted by atomic mass is 10.1. The highest BCUT2D eigenvalue weighted by Gasteiger charge is 2.13. The van der Waals surface area contributed by atoms with Gasteiger partial charge in [-0.05, 0) is 24.6 Å². The molecule has 0 aliphatic rings. The van der Waals surface area contributed by atoms with E-state index in [4.69, 9.17) is 4.74 Å². The van der Waals surface area contributed by atoms with Crippen molar-refractivity contribution < 1.29 is 9.13 Å². The molecule has 0 atom stereocenters. The normalized spacial score (nSPS) is 11.2. The van der Waals surface area contributed by atoms with Gasteiger partial charge in [0.25, 0.3) is 5.56 Å². The second kappa shape index (κ2) is 6.37. The van der Waals surface area contributed by atoms with Crippen molar-refractivity contribution in [1.82, 2.24) is 9.55 Å². The number of ether oxygens (including phenoxy) is 1. The van der Waals surface area contributed by atoms with Crippen LogP contribution in [0.4, 0.5) is 4.39 Å². The molecule has 0 spiro atoms. The second-order valence-corrected chi connectivity index (χ2v) is 5.63. The van der Waals surface area contributed by atoms with Crippen LogP contribution >= 0.6 is 11.3 Å². The molecule has 0 aliphatic carbocycles. The van der Waals surface area contributed by atoms with E-state index in [1.54, 1.807) is 23.0 Å². The first-order valence-electron chi connectivity index (χ1n) is 7.01. The molecule has 0 aliphatic heterocycles. The average molecular weight is 318 g/mol. The third kappa shape index (κ3) is 2.80. The Hall–Kier alpha value is -2.05. The molecule has 0 saturated carbocycles. The van der Waals surface area contributed by atoms with Gasteiger partial charge in [-0.15, -0.1) is 11.3 Å². The monoisotopic (exact) mass is 318 g/mol. The van der Waals surface area contributed by atoms with Crippen LogP contribution in [0.5, 0.6) is 0 Å². The molecule has 0 N–H and O–H groups in total. The quantitative estimate of drug-likeness (QED) is 0.678. The molecule has 1 aromatic carbocycles. The highest BCUT2D eigenvalue weighted by Crippen LogP contribution is 2.30. The SMILES string of the molecule is CCOCCn1cnc2scc(-c3ccc(F)cc3)c2c1=O. The maximum atomic E-state index is 13.1. The molecule has 4 nitrogen and oxygen atoms in total. The minimum Gasteiger partial charge on any atom is -0.380 e. The van der Waals surface area contributed by atoms with Gasteiger partial charge in [0.05, 0.1) is 24.9 Å². The van der Waals surface area contributed by atoms with Gasteiger partial charge in [-0.2, -0.15) is 0 Å². The van der Waals surface area contributed by atoms with E-state index < -0.39 is 0 Å². The van der Waals surface area contributed by atoms with Gasteiger partial charge < -0.3 is 4.74 Å². The minimum absolute atomic E-state index is 0.0923. The van der Waals surface area contributed by atoms with Crippen LogP contribution in [0.25, 0.3) is 21.3 Å². The number of halogens is 1. The summed E-state index contributed by atoms with van der Waals surface area (Å²) in [4.78, 5) is 17.7. The summed E-state index contributed by atoms with van der Waals surface area (Å²) in [5.41, 5.74) is 1.52. The predicted octanol–water partition coefficient (Wildman–Crippen LogP) is 3.30. The van der Waals surface area contributed by atoms with Crippen LogP contribution in [0, 0.1) is 5.82 Å². The lowest BCUT2D eigenvalue weighted by Crippen LogP contribution is -2.22. The molecular weight excluding hydrogens is 303 g/mol. The summed E-state index contributed by atoms with van der Waals surface area (Å²) < 4.78 is 19.9. The highest BCUT2D eigenvalue weighted by atomic mass is 32.1. The topological polar surface area (TPSA) is 44.1 Å². The van der Waals surface area contributed by atoms with Crippen molar-refractivity contribution in [2.24, 2.45) is 0 Å². The molecule has 0 amide bonds. The van der Waals surface area contributed by atoms with Gasteiger partial charge in [-0.3, -0.25) is 9.36 Å². The van der Waals surface area contributed by atoms with E-state index in [1.807, 2.05) is 12.3 Å². The zero-order chi connectivity index (χ0) is 15.5. The smallest absolute Gasteiger partial charge is 0.262 e. The summed E-state index contributed by atoms with van der Waals surface area (Å²) in [6, 6.07) is 6.13. The molecular formula is C16H15FN2O2S. The van der Waals surface area contributed by atoms with Crippen LogP contribution in [0.15, 0.2) is 40.8 Å². The Morgan fingerprint density at radius 1 is 1.32 bits per heavy atom. The first-order chi connectivity index (χ1) is 10.7. The average Bonchev–Trinajstić information content (AvgIpc) is 2.95. The maximum Gasteiger partial charge on any atom is 0.262 e. The Balaban J connectivity index is 2.06. The van der Waals surface area contributed by atoms with Crippen LogP contribution in [0.3, 0.4) is 0 Å². The molecule has 0 saturated heterocycles. The zero-order valence-electron chi connectivity index (χ0n) is 12.1. The molecule has 0 unspecified atom stereocenters. The lowest BCUT2D eigenvalue weighted by Gasteiger charge is -2.06. The molecule has 0 fully saturated rings. The van der Waals surface area contributed by atoms with Crippen LogP contribution in [0.2, 0.25) is 0 Å². The number of aromatic nitrogens is 2. The van der Waals surface area contributed by atoms with Gasteiger partial charge >= 0.3 is 0 Å². The van der Waals surface area contributed by atoms with E-state index in [0.717, 1.165) is 11.1 Å². The Bertz CT molecular complexity index is 839. The highest BCUT2D eigenvalue weighted by molar-refractivity contribution is 7.17. The Morgan fingerprint density at radius 2 is 2.09 bits per heavy atom. The molecule has 22 heavy (non-hydrogen) atoms. The third-order valence-corrected chi connectivity index (χ3v) is 4.28. The second-order valence-electron chi connectivity index (χ2n) is 4.78. The van der Waals surface area contributed by atoms with E-state index >= 15 is 0 Å². The van der Waals surface area contributed by atoms with Gasteiger partial charge in [0.1, 0.15) is 10.6 Å². The molecule has 0 bridgehead atoms. The van der Waals surface area contributed by atoms with Gasteiger partial charge in [-0.25, -0.2) is 9.37 Å². The van der Waals surface area contributed by atoms with Crippen LogP contribution < -0.4 is 5.56 Å². The summed E-state index contributed by atoms with van der Waals surface area (Å²) in [5.74, 6) is -0.296. The van der Waals surface area contributed by atoms with E-state index in [1.165, 1.54) is 23.5 Å². The number of rotatable bonds is 5. The Morgan fingerprint density at radius 3 is 2.82 bits per heavy atom. The van der Waals surface area contributed by atoms with E-state index in [2.05, 4.69) is 4.98 Å². The van der Waals surface area contributed by atoms with Crippen LogP contribution in [-0.4, -0.2) is 22.8 Å². The standard InChI is InChI=1S/C16H15FN2O2S/c1-2-21-8-7-19-10-18-15-14(16(19)20)13(9-22-15)11-3-5-12(17)6-4-11/h3-6,9-10H,2,7-8H2,1H3. The molecule has 3 aromatic rings. The Kier molecular flexibility index (Phi) is 4.31. The van der Waals surface area contributed by atoms with Crippen molar-refractivity contribution in [2.75, 3.05) is 13.2 Å². The molecule has 2 aromatic heterocycles. The summed E-state index contributed by atoms with van der Waals surface area (Å²) in [6.45, 7) is 3.47. The molecule has 3 rings (SSSR count). The molecule has 2 heterocycles. The zero-order valence-corrected chi connectivity index (χ0v) is 12.9. The van der Waals surface area contributed by atoms with Crippen LogP contribution in [0.1, 0.15) is 6.92 Å². The summed E-state index contributed by atoms with van der Waals surface area (Å²) in [6.07, 6.45) is 1.55. The minimum atomic E-state index is -0.296. The fraction of sp³-hybridized carbons (Fsp3) is 0.250. The molecule has 114 valence electrons. The number of benzene rings is 1. The van der Waals surface area contributed by atoms with Gasteiger partial charge in [-0.1, -0.05) is 12.1 Å². The maximum absolute atomic E-state index is 13.1. The largest absolute Gasteiger partial charge is 0.380 e. The molecule has 0 radical (unpaired) electrons. The number of nitrogens with zero attached hydrogens (tertiary/aromatic N) is 2. The molecule has 6 heteroatoms. The lowest BCUT2D eigenvalue weighted by molar-refractivity contribution is 0.138. The van der Waals surface area contributed by atoms with Gasteiger partial charge in [0, 0.05) is 17.6 Å². The summed E-state index contributed by atoms with van der Waals surface area (Å²) in [5, 5.41) is 2.47. The Labute approximate surface area is 130 Å². The summed E-state index contributed by atoms with van der Waals surface area (Å²) in [7, 11) is 0. The van der Waals surface area contributed by atoms with Crippen molar-refractivity contribution in [3.8, 4) is 11.1 Å². The number of hydrogen-bond acceptors (Lipinski definition) is 4. The predicted molar refractivity (Wildman–Crippen MR) is 85.8 cm³/mol. The van der Waals surface area contributed by atoms with Crippen molar-refractivity contribution in [2.45, 2.75) is 13.5 Å². The third-order valence-electron chi connectivity index (χ3n) is 3.40. The number of thiophene rings is 1. The first kappa shape index (κ1) is 14.9. The van der Waals surface area contributed by atoms with Crippen molar-refractivity contribution in [3.05, 3.63) is 52.1 Å². The van der Waals surface area contributed by atoms with E-state index in [9.17, 15) is 9.18 Å². The first-order valence-corrected chi connectivity index (χ1v) is 7.89. The van der Waals surface area contributed by atoms with Crippen LogP contribution in [-0.2, 0) is 11.3 Å². The summed E-state index contributed by atoms with van der Waals surface area (Å²) >= 11 is 1.41. The van der Waals surface area contributed by atoms with Gasteiger partial charge in [0.15, 0.2) is 0 Å². The van der Waals surface area contributed by atoms with E-state index in [0.29, 0.717) is 30.0 Å². The number of fused-ring (bicyclic) bond motifs is 1. The number of hydrogen-bond donors (Lipinski definition) is 0. The van der Waals surface area contributed by atoms with Crippen molar-refractivity contribution >= 4 is 21.6 Å². The fourth-order valence-corrected chi connectivity index (χ4v) is 3.18. The fourth-order valence-electron chi connectivity index (χ4n) is 2.28. The van der Waals surface area contributed by atoms with Crippen molar-refractivity contribution in [1.29, 1.82) is 0 Å². The van der Waals surface area contributed by atoms with E-state index in [-0.39, 0.29) is 11.4 Å². The van der Waals surface area contributed by atoms with Gasteiger partial charge in [0.2, 0.25) is 0 Å². The van der Waals surface area contributed by atoms with Crippen molar-refractivity contribution in [3.63, 3.8) is 0 Å².